The Morgan fingerprint density at radius 1 is 1.03 bits per heavy atom. The maximum atomic E-state index is 12.9. The van der Waals surface area contributed by atoms with Crippen molar-refractivity contribution in [3.63, 3.8) is 0 Å². The third kappa shape index (κ3) is 6.87. The van der Waals surface area contributed by atoms with Crippen LogP contribution >= 0.6 is 11.3 Å². The number of benzene rings is 2. The van der Waals surface area contributed by atoms with Crippen molar-refractivity contribution in [1.29, 1.82) is 0 Å². The molecule has 0 aliphatic heterocycles. The predicted octanol–water partition coefficient (Wildman–Crippen LogP) is 6.26. The van der Waals surface area contributed by atoms with Gasteiger partial charge in [-0.15, -0.1) is 11.3 Å². The van der Waals surface area contributed by atoms with Crippen molar-refractivity contribution in [2.24, 2.45) is 5.92 Å². The number of aliphatic hydroxyl groups excluding tert-OH is 1. The fourth-order valence-corrected chi connectivity index (χ4v) is 5.10. The molecular weight excluding hydrogens is 491 g/mol. The molecule has 1 heterocycles. The number of rotatable bonds is 9. The second kappa shape index (κ2) is 11.5. The van der Waals surface area contributed by atoms with Crippen LogP contribution in [0.15, 0.2) is 48.5 Å². The maximum Gasteiger partial charge on any atom is 0.416 e. The molecule has 0 spiro atoms. The molecule has 1 amide bonds. The Bertz CT molecular complexity index is 1160. The highest BCUT2D eigenvalue weighted by Gasteiger charge is 2.30. The van der Waals surface area contributed by atoms with Gasteiger partial charge in [-0.1, -0.05) is 26.0 Å². The third-order valence-corrected chi connectivity index (χ3v) is 6.84. The highest BCUT2D eigenvalue weighted by atomic mass is 32.1. The van der Waals surface area contributed by atoms with Crippen molar-refractivity contribution >= 4 is 17.2 Å². The van der Waals surface area contributed by atoms with Crippen LogP contribution in [0.1, 0.15) is 57.6 Å². The zero-order valence-corrected chi connectivity index (χ0v) is 21.3. The number of nitrogens with one attached hydrogen (secondary N) is 1. The van der Waals surface area contributed by atoms with Crippen LogP contribution < -0.4 is 10.1 Å². The zero-order valence-electron chi connectivity index (χ0n) is 20.5. The summed E-state index contributed by atoms with van der Waals surface area (Å²) in [7, 11) is 0. The number of amides is 1. The molecule has 9 heteroatoms. The van der Waals surface area contributed by atoms with Gasteiger partial charge in [0.05, 0.1) is 10.4 Å². The highest BCUT2D eigenvalue weighted by Crippen LogP contribution is 2.37. The lowest BCUT2D eigenvalue weighted by atomic mass is 9.94. The van der Waals surface area contributed by atoms with E-state index in [4.69, 9.17) is 14.9 Å². The number of ether oxygens (including phenoxy) is 1. The molecule has 0 bridgehead atoms. The Balaban J connectivity index is 1.79. The van der Waals surface area contributed by atoms with Gasteiger partial charge in [-0.05, 0) is 78.4 Å². The molecule has 0 saturated carbocycles. The minimum atomic E-state index is -4.38. The summed E-state index contributed by atoms with van der Waals surface area (Å²) in [5.74, 6) is 0.442. The topological polar surface area (TPSA) is 78.8 Å². The van der Waals surface area contributed by atoms with Gasteiger partial charge in [-0.25, -0.2) is 0 Å². The van der Waals surface area contributed by atoms with Gasteiger partial charge in [0.1, 0.15) is 11.9 Å². The normalized spacial score (nSPS) is 12.8. The van der Waals surface area contributed by atoms with Crippen molar-refractivity contribution in [3.8, 4) is 16.9 Å². The first-order chi connectivity index (χ1) is 16.9. The molecule has 5 nitrogen and oxygen atoms in total. The number of aryl methyl sites for hydroxylation is 2. The number of carbonyl (C=O) groups is 1. The fourth-order valence-electron chi connectivity index (χ4n) is 3.97. The van der Waals surface area contributed by atoms with Crippen LogP contribution in [0.25, 0.3) is 11.1 Å². The largest absolute Gasteiger partial charge is 0.485 e. The molecule has 2 aromatic carbocycles. The molecule has 0 radical (unpaired) electrons. The number of aliphatic hydroxyl groups is 2. The van der Waals surface area contributed by atoms with Gasteiger partial charge in [-0.2, -0.15) is 13.2 Å². The molecule has 3 N–H and O–H groups in total. The summed E-state index contributed by atoms with van der Waals surface area (Å²) < 4.78 is 45.1. The van der Waals surface area contributed by atoms with Gasteiger partial charge in [0, 0.05) is 17.8 Å². The monoisotopic (exact) mass is 521 g/mol. The molecule has 0 aliphatic carbocycles. The summed E-state index contributed by atoms with van der Waals surface area (Å²) in [5, 5.41) is 20.5. The summed E-state index contributed by atoms with van der Waals surface area (Å²) >= 11 is 1.31. The second-order valence-electron chi connectivity index (χ2n) is 9.02. The zero-order chi connectivity index (χ0) is 26.6. The Morgan fingerprint density at radius 3 is 2.17 bits per heavy atom. The average Bonchev–Trinajstić information content (AvgIpc) is 3.26. The van der Waals surface area contributed by atoms with Crippen LogP contribution in [0.3, 0.4) is 0 Å². The Hall–Kier alpha value is -2.88. The highest BCUT2D eigenvalue weighted by molar-refractivity contribution is 7.14. The van der Waals surface area contributed by atoms with E-state index >= 15 is 0 Å². The van der Waals surface area contributed by atoms with Crippen LogP contribution in [0.2, 0.25) is 0 Å². The standard InChI is InChI=1S/C27H30F3NO4S/c1-15(2)25(21-9-10-22(36-21)26(34)31-12-11-23(32)33)35-20-13-16(3)24(17(4)14-20)18-5-7-19(8-6-18)27(28,29)30/h5-10,13-15,23,25,32-33H,11-12H2,1-4H3,(H,31,34). The first kappa shape index (κ1) is 27.7. The van der Waals surface area contributed by atoms with E-state index in [0.717, 1.165) is 33.7 Å². The SMILES string of the molecule is Cc1cc(OC(c2ccc(C(=O)NCCC(O)O)s2)C(C)C)cc(C)c1-c1ccc(C(F)(F)F)cc1. The van der Waals surface area contributed by atoms with E-state index in [1.807, 2.05) is 45.9 Å². The minimum Gasteiger partial charge on any atom is -0.485 e. The van der Waals surface area contributed by atoms with E-state index in [1.165, 1.54) is 23.5 Å². The van der Waals surface area contributed by atoms with E-state index in [0.29, 0.717) is 16.2 Å². The lowest BCUT2D eigenvalue weighted by Gasteiger charge is -2.23. The van der Waals surface area contributed by atoms with Gasteiger partial charge in [-0.3, -0.25) is 4.79 Å². The first-order valence-corrected chi connectivity index (χ1v) is 12.4. The maximum absolute atomic E-state index is 12.9. The van der Waals surface area contributed by atoms with Crippen molar-refractivity contribution in [3.05, 3.63) is 75.0 Å². The molecule has 194 valence electrons. The Kier molecular flexibility index (Phi) is 8.81. The fraction of sp³-hybridized carbons (Fsp3) is 0.370. The molecule has 1 unspecified atom stereocenters. The number of alkyl halides is 3. The van der Waals surface area contributed by atoms with Crippen LogP contribution in [-0.4, -0.2) is 29.0 Å². The Morgan fingerprint density at radius 2 is 1.64 bits per heavy atom. The van der Waals surface area contributed by atoms with Crippen molar-refractivity contribution < 1.29 is 32.9 Å². The van der Waals surface area contributed by atoms with Crippen LogP contribution in [0, 0.1) is 19.8 Å². The van der Waals surface area contributed by atoms with Gasteiger partial charge >= 0.3 is 6.18 Å². The molecule has 3 aromatic rings. The molecule has 0 fully saturated rings. The molecule has 0 aliphatic rings. The lowest BCUT2D eigenvalue weighted by Crippen LogP contribution is -2.26. The smallest absolute Gasteiger partial charge is 0.416 e. The van der Waals surface area contributed by atoms with E-state index in [9.17, 15) is 18.0 Å². The summed E-state index contributed by atoms with van der Waals surface area (Å²) in [6, 6.07) is 12.4. The number of thiophene rings is 1. The van der Waals surface area contributed by atoms with Crippen molar-refractivity contribution in [2.75, 3.05) is 6.54 Å². The Labute approximate surface area is 212 Å². The summed E-state index contributed by atoms with van der Waals surface area (Å²) in [6.07, 6.45) is -6.12. The van der Waals surface area contributed by atoms with Crippen LogP contribution in [0.5, 0.6) is 5.75 Å². The molecule has 1 atom stereocenters. The number of hydrogen-bond donors (Lipinski definition) is 3. The van der Waals surface area contributed by atoms with Gasteiger partial charge < -0.3 is 20.3 Å². The van der Waals surface area contributed by atoms with Gasteiger partial charge in [0.25, 0.3) is 5.91 Å². The molecular formula is C27H30F3NO4S. The molecule has 3 rings (SSSR count). The molecule has 1 aromatic heterocycles. The van der Waals surface area contributed by atoms with E-state index < -0.39 is 18.0 Å². The van der Waals surface area contributed by atoms with Gasteiger partial charge in [0.15, 0.2) is 6.29 Å². The lowest BCUT2D eigenvalue weighted by molar-refractivity contribution is -0.137. The number of hydrogen-bond acceptors (Lipinski definition) is 5. The van der Waals surface area contributed by atoms with Crippen LogP contribution in [-0.2, 0) is 6.18 Å². The molecule has 36 heavy (non-hydrogen) atoms. The predicted molar refractivity (Wildman–Crippen MR) is 134 cm³/mol. The van der Waals surface area contributed by atoms with Crippen LogP contribution in [0.4, 0.5) is 13.2 Å². The number of halogens is 3. The second-order valence-corrected chi connectivity index (χ2v) is 10.1. The summed E-state index contributed by atoms with van der Waals surface area (Å²) in [5.41, 5.74) is 2.64. The average molecular weight is 522 g/mol. The molecule has 0 saturated heterocycles. The summed E-state index contributed by atoms with van der Waals surface area (Å²) in [6.45, 7) is 7.98. The van der Waals surface area contributed by atoms with E-state index in [-0.39, 0.29) is 30.9 Å². The number of carbonyl (C=O) groups excluding carboxylic acids is 1. The van der Waals surface area contributed by atoms with E-state index in [2.05, 4.69) is 5.32 Å². The van der Waals surface area contributed by atoms with E-state index in [1.54, 1.807) is 6.07 Å². The van der Waals surface area contributed by atoms with Crippen molar-refractivity contribution in [2.45, 2.75) is 52.7 Å². The summed E-state index contributed by atoms with van der Waals surface area (Å²) in [4.78, 5) is 13.7. The van der Waals surface area contributed by atoms with Gasteiger partial charge in [0.2, 0.25) is 0 Å². The minimum absolute atomic E-state index is 0.0445. The third-order valence-electron chi connectivity index (χ3n) is 5.69. The van der Waals surface area contributed by atoms with Crippen molar-refractivity contribution in [1.82, 2.24) is 5.32 Å². The quantitative estimate of drug-likeness (QED) is 0.291. The first-order valence-electron chi connectivity index (χ1n) is 11.6.